The fourth-order valence-corrected chi connectivity index (χ4v) is 2.34. The van der Waals surface area contributed by atoms with Gasteiger partial charge in [0.1, 0.15) is 11.6 Å². The van der Waals surface area contributed by atoms with Gasteiger partial charge in [-0.25, -0.2) is 14.8 Å². The number of fused-ring (bicyclic) bond motifs is 1. The highest BCUT2D eigenvalue weighted by atomic mass is 16.5. The Labute approximate surface area is 131 Å². The lowest BCUT2D eigenvalue weighted by Crippen LogP contribution is -2.23. The minimum atomic E-state index is -0.370. The summed E-state index contributed by atoms with van der Waals surface area (Å²) in [6.07, 6.45) is 3.31. The van der Waals surface area contributed by atoms with Crippen molar-refractivity contribution in [1.82, 2.24) is 19.5 Å². The Balaban J connectivity index is 2.09. The molecule has 8 nitrogen and oxygen atoms in total. The molecule has 1 unspecified atom stereocenters. The van der Waals surface area contributed by atoms with Crippen LogP contribution in [0.1, 0.15) is 18.8 Å². The Morgan fingerprint density at radius 3 is 2.70 bits per heavy atom. The molecule has 0 bridgehead atoms. The van der Waals surface area contributed by atoms with Gasteiger partial charge in [0.15, 0.2) is 0 Å². The van der Waals surface area contributed by atoms with Gasteiger partial charge in [-0.05, 0) is 31.2 Å². The summed E-state index contributed by atoms with van der Waals surface area (Å²) in [7, 11) is 1.65. The van der Waals surface area contributed by atoms with Crippen molar-refractivity contribution in [3.8, 4) is 0 Å². The predicted molar refractivity (Wildman–Crippen MR) is 86.5 cm³/mol. The van der Waals surface area contributed by atoms with E-state index in [1.165, 1.54) is 4.57 Å². The summed E-state index contributed by atoms with van der Waals surface area (Å²) in [5.41, 5.74) is 2.93. The smallest absolute Gasteiger partial charge is 0.349 e. The minimum absolute atomic E-state index is 0.232. The summed E-state index contributed by atoms with van der Waals surface area (Å²) in [5, 5.41) is 13.0. The van der Waals surface area contributed by atoms with Crippen molar-refractivity contribution in [1.29, 1.82) is 0 Å². The molecule has 0 aliphatic heterocycles. The predicted octanol–water partition coefficient (Wildman–Crippen LogP) is 1.70. The van der Waals surface area contributed by atoms with Crippen LogP contribution in [-0.4, -0.2) is 24.7 Å². The molecule has 0 spiro atoms. The molecule has 3 rings (SSSR count). The van der Waals surface area contributed by atoms with E-state index in [9.17, 15) is 4.79 Å². The molecule has 1 aromatic carbocycles. The van der Waals surface area contributed by atoms with Crippen LogP contribution in [0.3, 0.4) is 0 Å². The van der Waals surface area contributed by atoms with Gasteiger partial charge in [0.2, 0.25) is 0 Å². The van der Waals surface area contributed by atoms with Gasteiger partial charge in [-0.15, -0.1) is 0 Å². The Kier molecular flexibility index (Phi) is 3.90. The molecule has 1 atom stereocenters. The summed E-state index contributed by atoms with van der Waals surface area (Å²) in [5.74, 6) is 1.01. The van der Waals surface area contributed by atoms with E-state index in [-0.39, 0.29) is 11.7 Å². The zero-order chi connectivity index (χ0) is 16.4. The topological polar surface area (TPSA) is 105 Å². The molecule has 0 saturated heterocycles. The molecule has 23 heavy (non-hydrogen) atoms. The van der Waals surface area contributed by atoms with Crippen LogP contribution in [0.5, 0.6) is 0 Å². The summed E-state index contributed by atoms with van der Waals surface area (Å²) in [6, 6.07) is 6.63. The Morgan fingerprint density at radius 2 is 2.00 bits per heavy atom. The Hall–Kier alpha value is -3.00. The van der Waals surface area contributed by atoms with Gasteiger partial charge in [-0.1, -0.05) is 0 Å². The summed E-state index contributed by atoms with van der Waals surface area (Å²) < 4.78 is 1.45. The molecule has 0 fully saturated rings. The van der Waals surface area contributed by atoms with E-state index in [4.69, 9.17) is 5.21 Å². The molecule has 0 radical (unpaired) electrons. The molecule has 2 heterocycles. The van der Waals surface area contributed by atoms with E-state index >= 15 is 0 Å². The lowest BCUT2D eigenvalue weighted by molar-refractivity contribution is 0.389. The first-order valence-electron chi connectivity index (χ1n) is 7.04. The van der Waals surface area contributed by atoms with Crippen LogP contribution in [0.4, 0.5) is 11.5 Å². The molecule has 2 aromatic heterocycles. The zero-order valence-electron chi connectivity index (χ0n) is 12.7. The molecule has 118 valence electrons. The number of hydrogen-bond donors (Lipinski definition) is 3. The van der Waals surface area contributed by atoms with E-state index in [1.807, 2.05) is 6.92 Å². The van der Waals surface area contributed by atoms with Gasteiger partial charge >= 0.3 is 5.69 Å². The van der Waals surface area contributed by atoms with Crippen LogP contribution in [-0.2, 0) is 7.05 Å². The first-order valence-corrected chi connectivity index (χ1v) is 7.04. The molecule has 8 heteroatoms. The number of rotatable bonds is 4. The van der Waals surface area contributed by atoms with Crippen molar-refractivity contribution in [2.45, 2.75) is 13.0 Å². The molecule has 0 aliphatic rings. The SMILES string of the molecule is CC(Nc1nc(=O)n(C)c2ccc(NO)cc12)c1ncccn1. The average molecular weight is 312 g/mol. The molecule has 0 saturated carbocycles. The van der Waals surface area contributed by atoms with Crippen LogP contribution in [0.15, 0.2) is 41.5 Å². The second-order valence-corrected chi connectivity index (χ2v) is 5.12. The maximum Gasteiger partial charge on any atom is 0.349 e. The quantitative estimate of drug-likeness (QED) is 0.630. The Bertz CT molecular complexity index is 894. The summed E-state index contributed by atoms with van der Waals surface area (Å²) in [4.78, 5) is 24.5. The van der Waals surface area contributed by atoms with E-state index in [0.29, 0.717) is 28.2 Å². The molecule has 0 aliphatic carbocycles. The average Bonchev–Trinajstić information content (AvgIpc) is 2.59. The first-order chi connectivity index (χ1) is 11.1. The normalized spacial score (nSPS) is 12.1. The van der Waals surface area contributed by atoms with E-state index in [0.717, 1.165) is 0 Å². The first kappa shape index (κ1) is 14.9. The van der Waals surface area contributed by atoms with Gasteiger partial charge in [0, 0.05) is 24.8 Å². The number of aryl methyl sites for hydroxylation is 1. The number of aromatic nitrogens is 4. The second-order valence-electron chi connectivity index (χ2n) is 5.12. The highest BCUT2D eigenvalue weighted by Crippen LogP contribution is 2.25. The lowest BCUT2D eigenvalue weighted by Gasteiger charge is -2.16. The fourth-order valence-electron chi connectivity index (χ4n) is 2.34. The maximum absolute atomic E-state index is 12.0. The number of benzene rings is 1. The van der Waals surface area contributed by atoms with Crippen molar-refractivity contribution in [2.75, 3.05) is 10.8 Å². The van der Waals surface area contributed by atoms with Crippen LogP contribution in [0.25, 0.3) is 10.9 Å². The van der Waals surface area contributed by atoms with Crippen molar-refractivity contribution in [3.63, 3.8) is 0 Å². The third-order valence-electron chi connectivity index (χ3n) is 3.56. The number of nitrogens with zero attached hydrogens (tertiary/aromatic N) is 4. The summed E-state index contributed by atoms with van der Waals surface area (Å²) in [6.45, 7) is 1.88. The van der Waals surface area contributed by atoms with E-state index in [2.05, 4.69) is 25.7 Å². The minimum Gasteiger partial charge on any atom is -0.360 e. The highest BCUT2D eigenvalue weighted by Gasteiger charge is 2.14. The van der Waals surface area contributed by atoms with Crippen LogP contribution in [0, 0.1) is 0 Å². The number of hydrogen-bond acceptors (Lipinski definition) is 7. The number of anilines is 2. The third kappa shape index (κ3) is 2.84. The second kappa shape index (κ2) is 6.01. The van der Waals surface area contributed by atoms with Crippen molar-refractivity contribution in [2.24, 2.45) is 7.05 Å². The fraction of sp³-hybridized carbons (Fsp3) is 0.200. The van der Waals surface area contributed by atoms with Crippen molar-refractivity contribution in [3.05, 3.63) is 53.0 Å². The summed E-state index contributed by atoms with van der Waals surface area (Å²) >= 11 is 0. The highest BCUT2D eigenvalue weighted by molar-refractivity contribution is 5.91. The van der Waals surface area contributed by atoms with E-state index in [1.54, 1.807) is 43.7 Å². The largest absolute Gasteiger partial charge is 0.360 e. The van der Waals surface area contributed by atoms with Gasteiger partial charge in [-0.2, -0.15) is 4.98 Å². The molecular formula is C15H16N6O2. The third-order valence-corrected chi connectivity index (χ3v) is 3.56. The molecule has 3 N–H and O–H groups in total. The van der Waals surface area contributed by atoms with Crippen LogP contribution < -0.4 is 16.5 Å². The van der Waals surface area contributed by atoms with Gasteiger partial charge in [0.25, 0.3) is 0 Å². The lowest BCUT2D eigenvalue weighted by atomic mass is 10.2. The molecule has 3 aromatic rings. The maximum atomic E-state index is 12.0. The van der Waals surface area contributed by atoms with Crippen LogP contribution in [0.2, 0.25) is 0 Å². The van der Waals surface area contributed by atoms with Crippen molar-refractivity contribution < 1.29 is 5.21 Å². The Morgan fingerprint density at radius 1 is 1.26 bits per heavy atom. The van der Waals surface area contributed by atoms with Gasteiger partial charge in [-0.3, -0.25) is 15.3 Å². The zero-order valence-corrected chi connectivity index (χ0v) is 12.7. The number of nitrogens with one attached hydrogen (secondary N) is 2. The monoisotopic (exact) mass is 312 g/mol. The molecular weight excluding hydrogens is 296 g/mol. The van der Waals surface area contributed by atoms with Crippen LogP contribution >= 0.6 is 0 Å². The van der Waals surface area contributed by atoms with E-state index < -0.39 is 0 Å². The van der Waals surface area contributed by atoms with Crippen molar-refractivity contribution >= 4 is 22.4 Å². The van der Waals surface area contributed by atoms with Gasteiger partial charge < -0.3 is 5.32 Å². The van der Waals surface area contributed by atoms with Gasteiger partial charge in [0.05, 0.1) is 17.2 Å². The standard InChI is InChI=1S/C15H16N6O2/c1-9(13-16-6-3-7-17-13)18-14-11-8-10(20-23)4-5-12(11)21(2)15(22)19-14/h3-9,20,23H,1-2H3,(H,18,19,22). The molecule has 0 amide bonds.